The van der Waals surface area contributed by atoms with E-state index in [2.05, 4.69) is 38.8 Å². The van der Waals surface area contributed by atoms with E-state index in [4.69, 9.17) is 8.85 Å². The number of hydrogen-bond acceptors (Lipinski definition) is 3. The molecule has 0 aromatic carbocycles. The summed E-state index contributed by atoms with van der Waals surface area (Å²) in [4.78, 5) is 3.99. The molecule has 0 aliphatic heterocycles. The first-order valence-corrected chi connectivity index (χ1v) is 13.0. The summed E-state index contributed by atoms with van der Waals surface area (Å²) >= 11 is 0. The summed E-state index contributed by atoms with van der Waals surface area (Å²) in [6.07, 6.45) is 17.3. The number of nitrogens with one attached hydrogen (secondary N) is 1. The molecule has 1 N–H and O–H groups in total. The van der Waals surface area contributed by atoms with E-state index in [0.717, 1.165) is 0 Å². The van der Waals surface area contributed by atoms with Crippen molar-refractivity contribution in [3.05, 3.63) is 22.8 Å². The largest absolute Gasteiger partial charge is 0.439 e. The van der Waals surface area contributed by atoms with Crippen LogP contribution < -0.4 is 4.98 Å². The average Bonchev–Trinajstić information content (AvgIpc) is 2.85. The van der Waals surface area contributed by atoms with Crippen LogP contribution in [0.3, 0.4) is 0 Å². The van der Waals surface area contributed by atoms with E-state index in [1.54, 1.807) is 0 Å². The Balaban J connectivity index is 2.19. The van der Waals surface area contributed by atoms with E-state index in [0.29, 0.717) is 6.04 Å². The maximum absolute atomic E-state index is 6.24. The Kier molecular flexibility index (Phi) is 8.79. The summed E-state index contributed by atoms with van der Waals surface area (Å²) in [7, 11) is 1.04. The van der Waals surface area contributed by atoms with Crippen LogP contribution in [0.5, 0.6) is 0 Å². The smallest absolute Gasteiger partial charge is 0.385 e. The van der Waals surface area contributed by atoms with Crippen LogP contribution in [0.25, 0.3) is 0 Å². The molecule has 0 heterocycles. The van der Waals surface area contributed by atoms with Crippen LogP contribution in [0.1, 0.15) is 98.3 Å². The molecule has 0 aromatic rings. The fraction of sp³-hybridized carbons (Fsp3) is 0.826. The van der Waals surface area contributed by atoms with Gasteiger partial charge in [-0.1, -0.05) is 75.0 Å². The van der Waals surface area contributed by atoms with Crippen molar-refractivity contribution in [2.75, 3.05) is 14.2 Å². The molecule has 27 heavy (non-hydrogen) atoms. The zero-order valence-corrected chi connectivity index (χ0v) is 19.7. The molecule has 0 aromatic heterocycles. The Labute approximate surface area is 169 Å². The second-order valence-corrected chi connectivity index (χ2v) is 12.3. The van der Waals surface area contributed by atoms with Gasteiger partial charge in [0.1, 0.15) is 0 Å². The highest BCUT2D eigenvalue weighted by molar-refractivity contribution is 6.69. The molecular weight excluding hydrogens is 350 g/mol. The van der Waals surface area contributed by atoms with Gasteiger partial charge in [-0.05, 0) is 46.1 Å². The highest BCUT2D eigenvalue weighted by Crippen LogP contribution is 2.52. The van der Waals surface area contributed by atoms with Crippen molar-refractivity contribution in [3.63, 3.8) is 0 Å². The van der Waals surface area contributed by atoms with Gasteiger partial charge in [-0.2, -0.15) is 0 Å². The first kappa shape index (κ1) is 22.9. The van der Waals surface area contributed by atoms with Crippen molar-refractivity contribution >= 4 is 8.72 Å². The van der Waals surface area contributed by atoms with Crippen LogP contribution in [0.15, 0.2) is 22.8 Å². The SMILES string of the molecule is CO[Si](NC1CCCCCCCCCCC1)(OC)C1(C)C=C(C)C(C)=C1C. The summed E-state index contributed by atoms with van der Waals surface area (Å²) in [6.45, 7) is 9.01. The summed E-state index contributed by atoms with van der Waals surface area (Å²) in [5.41, 5.74) is 4.15. The molecule has 2 rings (SSSR count). The molecule has 1 unspecified atom stereocenters. The molecule has 0 radical (unpaired) electrons. The van der Waals surface area contributed by atoms with Gasteiger partial charge in [0.25, 0.3) is 0 Å². The van der Waals surface area contributed by atoms with E-state index in [1.165, 1.54) is 87.3 Å². The third-order valence-corrected chi connectivity index (χ3v) is 11.0. The fourth-order valence-electron chi connectivity index (χ4n) is 5.03. The highest BCUT2D eigenvalue weighted by atomic mass is 28.4. The minimum atomic E-state index is -2.64. The zero-order chi connectivity index (χ0) is 19.9. The van der Waals surface area contributed by atoms with Gasteiger partial charge >= 0.3 is 8.72 Å². The zero-order valence-electron chi connectivity index (χ0n) is 18.7. The standard InChI is InChI=1S/C23H43NO2Si/c1-19-18-23(4,21(3)20(19)2)27(25-5,26-6)24-22-16-14-12-10-8-7-9-11-13-15-17-22/h18,22,24H,7-17H2,1-6H3. The van der Waals surface area contributed by atoms with Crippen molar-refractivity contribution in [2.24, 2.45) is 0 Å². The minimum absolute atomic E-state index is 0.158. The van der Waals surface area contributed by atoms with E-state index in [-0.39, 0.29) is 5.04 Å². The topological polar surface area (TPSA) is 30.5 Å². The van der Waals surface area contributed by atoms with Crippen LogP contribution in [0.4, 0.5) is 0 Å². The second-order valence-electron chi connectivity index (χ2n) is 8.91. The Morgan fingerprint density at radius 3 is 1.67 bits per heavy atom. The minimum Gasteiger partial charge on any atom is -0.385 e. The Bertz CT molecular complexity index is 526. The summed E-state index contributed by atoms with van der Waals surface area (Å²) in [6, 6.07) is 0.496. The van der Waals surface area contributed by atoms with Gasteiger partial charge in [-0.3, -0.25) is 4.98 Å². The van der Waals surface area contributed by atoms with Crippen LogP contribution >= 0.6 is 0 Å². The lowest BCUT2D eigenvalue weighted by Crippen LogP contribution is -2.65. The van der Waals surface area contributed by atoms with Crippen LogP contribution in [-0.4, -0.2) is 29.0 Å². The molecule has 2 aliphatic rings. The number of rotatable bonds is 5. The lowest BCUT2D eigenvalue weighted by Gasteiger charge is -2.43. The van der Waals surface area contributed by atoms with Gasteiger partial charge in [0, 0.05) is 20.3 Å². The third-order valence-electron chi connectivity index (χ3n) is 7.20. The summed E-state index contributed by atoms with van der Waals surface area (Å²) in [5.74, 6) is 0. The van der Waals surface area contributed by atoms with Crippen molar-refractivity contribution in [3.8, 4) is 0 Å². The van der Waals surface area contributed by atoms with E-state index >= 15 is 0 Å². The van der Waals surface area contributed by atoms with Crippen LogP contribution in [-0.2, 0) is 8.85 Å². The molecule has 0 spiro atoms. The molecule has 3 nitrogen and oxygen atoms in total. The Morgan fingerprint density at radius 1 is 0.852 bits per heavy atom. The average molecular weight is 394 g/mol. The van der Waals surface area contributed by atoms with Gasteiger partial charge in [-0.25, -0.2) is 0 Å². The third kappa shape index (κ3) is 5.14. The van der Waals surface area contributed by atoms with Crippen molar-refractivity contribution in [1.82, 2.24) is 4.98 Å². The first-order valence-electron chi connectivity index (χ1n) is 11.2. The molecular formula is C23H43NO2Si. The molecule has 0 bridgehead atoms. The molecule has 1 saturated carbocycles. The molecule has 2 aliphatic carbocycles. The van der Waals surface area contributed by atoms with Gasteiger partial charge in [0.05, 0.1) is 5.04 Å². The Morgan fingerprint density at radius 2 is 1.30 bits per heavy atom. The second kappa shape index (κ2) is 10.4. The van der Waals surface area contributed by atoms with Gasteiger partial charge < -0.3 is 8.85 Å². The van der Waals surface area contributed by atoms with Crippen molar-refractivity contribution in [2.45, 2.75) is 109 Å². The fourth-order valence-corrected chi connectivity index (χ4v) is 8.49. The molecule has 4 heteroatoms. The summed E-state index contributed by atoms with van der Waals surface area (Å²) in [5, 5.41) is -0.158. The van der Waals surface area contributed by atoms with Crippen LogP contribution in [0, 0.1) is 0 Å². The van der Waals surface area contributed by atoms with Crippen molar-refractivity contribution in [1.29, 1.82) is 0 Å². The lowest BCUT2D eigenvalue weighted by molar-refractivity contribution is 0.199. The monoisotopic (exact) mass is 393 g/mol. The first-order chi connectivity index (χ1) is 12.9. The van der Waals surface area contributed by atoms with E-state index < -0.39 is 8.72 Å². The van der Waals surface area contributed by atoms with E-state index in [1.807, 2.05) is 14.2 Å². The number of allylic oxidation sites excluding steroid dienone is 4. The summed E-state index contributed by atoms with van der Waals surface area (Å²) < 4.78 is 12.5. The van der Waals surface area contributed by atoms with Gasteiger partial charge in [0.2, 0.25) is 0 Å². The predicted octanol–water partition coefficient (Wildman–Crippen LogP) is 6.54. The lowest BCUT2D eigenvalue weighted by atomic mass is 9.98. The van der Waals surface area contributed by atoms with Crippen LogP contribution in [0.2, 0.25) is 5.04 Å². The molecule has 1 fully saturated rings. The molecule has 1 atom stereocenters. The van der Waals surface area contributed by atoms with Gasteiger partial charge in [0.15, 0.2) is 0 Å². The van der Waals surface area contributed by atoms with Crippen molar-refractivity contribution < 1.29 is 8.85 Å². The molecule has 0 amide bonds. The maximum atomic E-state index is 6.24. The Hall–Kier alpha value is -0.423. The maximum Gasteiger partial charge on any atom is 0.439 e. The molecule has 0 saturated heterocycles. The highest BCUT2D eigenvalue weighted by Gasteiger charge is 2.57. The quantitative estimate of drug-likeness (QED) is 0.538. The van der Waals surface area contributed by atoms with Gasteiger partial charge in [-0.15, -0.1) is 0 Å². The number of hydrogen-bond donors (Lipinski definition) is 1. The normalized spacial score (nSPS) is 27.3. The molecule has 156 valence electrons. The van der Waals surface area contributed by atoms with E-state index in [9.17, 15) is 0 Å². The predicted molar refractivity (Wildman–Crippen MR) is 118 cm³/mol.